The Hall–Kier alpha value is -3.58. The van der Waals surface area contributed by atoms with Crippen LogP contribution < -0.4 is 5.32 Å². The van der Waals surface area contributed by atoms with Crippen LogP contribution in [0.1, 0.15) is 26.5 Å². The second-order valence-corrected chi connectivity index (χ2v) is 8.61. The molecule has 1 aliphatic rings. The largest absolute Gasteiger partial charge is 0.333 e. The van der Waals surface area contributed by atoms with Gasteiger partial charge in [0.15, 0.2) is 10.9 Å². The van der Waals surface area contributed by atoms with Crippen molar-refractivity contribution in [2.24, 2.45) is 0 Å². The summed E-state index contributed by atoms with van der Waals surface area (Å²) in [5.41, 5.74) is 4.86. The smallest absolute Gasteiger partial charge is 0.254 e. The Kier molecular flexibility index (Phi) is 5.18. The highest BCUT2D eigenvalue weighted by Crippen LogP contribution is 2.30. The quantitative estimate of drug-likeness (QED) is 0.504. The molecule has 1 N–H and O–H groups in total. The number of anilines is 2. The fourth-order valence-electron chi connectivity index (χ4n) is 3.57. The minimum Gasteiger partial charge on any atom is -0.333 e. The van der Waals surface area contributed by atoms with Crippen molar-refractivity contribution in [3.05, 3.63) is 88.4 Å². The van der Waals surface area contributed by atoms with E-state index in [1.54, 1.807) is 11.3 Å². The predicted molar refractivity (Wildman–Crippen MR) is 122 cm³/mol. The zero-order chi connectivity index (χ0) is 21.2. The van der Waals surface area contributed by atoms with E-state index >= 15 is 0 Å². The molecule has 0 saturated heterocycles. The van der Waals surface area contributed by atoms with Crippen molar-refractivity contribution in [1.29, 1.82) is 0 Å². The molecule has 5 rings (SSSR count). The molecule has 1 aliphatic heterocycles. The summed E-state index contributed by atoms with van der Waals surface area (Å²) in [5, 5.41) is 12.7. The minimum absolute atomic E-state index is 0.0618. The van der Waals surface area contributed by atoms with E-state index in [9.17, 15) is 4.79 Å². The van der Waals surface area contributed by atoms with Crippen molar-refractivity contribution in [2.75, 3.05) is 11.9 Å². The summed E-state index contributed by atoms with van der Waals surface area (Å²) < 4.78 is 0. The average molecular weight is 428 g/mol. The summed E-state index contributed by atoms with van der Waals surface area (Å²) in [5.74, 6) is 0.714. The van der Waals surface area contributed by atoms with Crippen molar-refractivity contribution < 1.29 is 4.79 Å². The van der Waals surface area contributed by atoms with Gasteiger partial charge in [-0.15, -0.1) is 10.2 Å². The number of fused-ring (bicyclic) bond motifs is 1. The number of rotatable bonds is 4. The zero-order valence-electron chi connectivity index (χ0n) is 17.1. The maximum Gasteiger partial charge on any atom is 0.254 e. The van der Waals surface area contributed by atoms with Crippen LogP contribution >= 0.6 is 11.3 Å². The van der Waals surface area contributed by atoms with Gasteiger partial charge in [0, 0.05) is 29.0 Å². The van der Waals surface area contributed by atoms with E-state index in [2.05, 4.69) is 34.6 Å². The summed E-state index contributed by atoms with van der Waals surface area (Å²) in [6.07, 6.45) is 0.754. The highest BCUT2D eigenvalue weighted by atomic mass is 32.1. The molecule has 1 amide bonds. The van der Waals surface area contributed by atoms with Crippen LogP contribution in [0.5, 0.6) is 0 Å². The van der Waals surface area contributed by atoms with Crippen LogP contribution in [0.4, 0.5) is 10.9 Å². The number of benzene rings is 2. The first kappa shape index (κ1) is 19.4. The molecule has 4 aromatic rings. The van der Waals surface area contributed by atoms with Crippen molar-refractivity contribution in [3.63, 3.8) is 0 Å². The van der Waals surface area contributed by atoms with Gasteiger partial charge >= 0.3 is 0 Å². The first-order valence-corrected chi connectivity index (χ1v) is 11.0. The highest BCUT2D eigenvalue weighted by Gasteiger charge is 2.25. The Morgan fingerprint density at radius 1 is 1.00 bits per heavy atom. The van der Waals surface area contributed by atoms with Crippen LogP contribution in [0.3, 0.4) is 0 Å². The number of thiazole rings is 1. The van der Waals surface area contributed by atoms with Gasteiger partial charge in [0.25, 0.3) is 5.91 Å². The first-order valence-electron chi connectivity index (χ1n) is 10.2. The van der Waals surface area contributed by atoms with Crippen molar-refractivity contribution in [3.8, 4) is 11.3 Å². The molecule has 0 spiro atoms. The third kappa shape index (κ3) is 4.18. The monoisotopic (exact) mass is 427 g/mol. The number of amides is 1. The number of hydrogen-bond acceptors (Lipinski definition) is 6. The van der Waals surface area contributed by atoms with Crippen LogP contribution in [0.25, 0.3) is 11.3 Å². The maximum absolute atomic E-state index is 12.8. The summed E-state index contributed by atoms with van der Waals surface area (Å²) in [4.78, 5) is 20.5. The van der Waals surface area contributed by atoms with Gasteiger partial charge in [-0.1, -0.05) is 59.4 Å². The van der Waals surface area contributed by atoms with Crippen LogP contribution in [-0.2, 0) is 13.0 Å². The molecule has 0 saturated carbocycles. The van der Waals surface area contributed by atoms with E-state index in [1.807, 2.05) is 59.5 Å². The molecule has 0 bridgehead atoms. The molecule has 31 heavy (non-hydrogen) atoms. The minimum atomic E-state index is 0.0618. The van der Waals surface area contributed by atoms with Crippen LogP contribution in [-0.4, -0.2) is 32.5 Å². The third-order valence-corrected chi connectivity index (χ3v) is 6.28. The van der Waals surface area contributed by atoms with Gasteiger partial charge in [0.05, 0.1) is 17.9 Å². The lowest BCUT2D eigenvalue weighted by molar-refractivity contribution is 0.0736. The number of carbonyl (C=O) groups excluding carboxylic acids is 1. The zero-order valence-corrected chi connectivity index (χ0v) is 17.9. The topological polar surface area (TPSA) is 71.0 Å². The summed E-state index contributed by atoms with van der Waals surface area (Å²) in [7, 11) is 0. The van der Waals surface area contributed by atoms with Crippen LogP contribution in [0, 0.1) is 6.92 Å². The predicted octanol–water partition coefficient (Wildman–Crippen LogP) is 4.85. The van der Waals surface area contributed by atoms with E-state index in [0.29, 0.717) is 18.9 Å². The van der Waals surface area contributed by atoms with E-state index in [4.69, 9.17) is 4.98 Å². The maximum atomic E-state index is 12.8. The third-order valence-electron chi connectivity index (χ3n) is 5.29. The summed E-state index contributed by atoms with van der Waals surface area (Å²) in [6.45, 7) is 3.32. The van der Waals surface area contributed by atoms with E-state index in [-0.39, 0.29) is 5.91 Å². The van der Waals surface area contributed by atoms with Gasteiger partial charge in [-0.2, -0.15) is 0 Å². The second kappa shape index (κ2) is 8.28. The van der Waals surface area contributed by atoms with Crippen LogP contribution in [0.2, 0.25) is 0 Å². The molecule has 154 valence electrons. The van der Waals surface area contributed by atoms with Crippen molar-refractivity contribution in [2.45, 2.75) is 19.9 Å². The number of aromatic nitrogens is 3. The summed E-state index contributed by atoms with van der Waals surface area (Å²) >= 11 is 1.56. The molecule has 0 fully saturated rings. The Labute approximate surface area is 184 Å². The standard InChI is InChI=1S/C24H21N5OS/c1-16-7-9-17(10-8-16)19-11-12-22(28-27-19)26-24-25-20-13-14-29(15-21(20)31-24)23(30)18-5-3-2-4-6-18/h2-12H,13-15H2,1H3,(H,25,26,28). The lowest BCUT2D eigenvalue weighted by Crippen LogP contribution is -2.35. The molecule has 7 heteroatoms. The number of nitrogens with zero attached hydrogens (tertiary/aromatic N) is 4. The lowest BCUT2D eigenvalue weighted by atomic mass is 10.1. The van der Waals surface area contributed by atoms with Gasteiger partial charge in [-0.25, -0.2) is 4.98 Å². The molecule has 0 aliphatic carbocycles. The van der Waals surface area contributed by atoms with Gasteiger partial charge < -0.3 is 10.2 Å². The molecule has 2 aromatic heterocycles. The number of nitrogens with one attached hydrogen (secondary N) is 1. The molecule has 6 nitrogen and oxygen atoms in total. The van der Waals surface area contributed by atoms with Gasteiger partial charge in [-0.05, 0) is 31.2 Å². The second-order valence-electron chi connectivity index (χ2n) is 7.53. The van der Waals surface area contributed by atoms with E-state index in [0.717, 1.165) is 38.9 Å². The Balaban J connectivity index is 1.28. The van der Waals surface area contributed by atoms with Gasteiger partial charge in [0.1, 0.15) is 0 Å². The van der Waals surface area contributed by atoms with Gasteiger partial charge in [0.2, 0.25) is 0 Å². The molecule has 0 unspecified atom stereocenters. The molecular weight excluding hydrogens is 406 g/mol. The SMILES string of the molecule is Cc1ccc(-c2ccc(Nc3nc4c(s3)CN(C(=O)c3ccccc3)CC4)nn2)cc1. The molecule has 0 radical (unpaired) electrons. The Morgan fingerprint density at radius 3 is 2.55 bits per heavy atom. The van der Waals surface area contributed by atoms with Gasteiger partial charge in [-0.3, -0.25) is 4.79 Å². The molecule has 3 heterocycles. The molecule has 0 atom stereocenters. The lowest BCUT2D eigenvalue weighted by Gasteiger charge is -2.26. The highest BCUT2D eigenvalue weighted by molar-refractivity contribution is 7.15. The fraction of sp³-hybridized carbons (Fsp3) is 0.167. The molecular formula is C24H21N5OS. The van der Waals surface area contributed by atoms with E-state index < -0.39 is 0 Å². The summed E-state index contributed by atoms with van der Waals surface area (Å²) in [6, 6.07) is 21.5. The average Bonchev–Trinajstić information content (AvgIpc) is 3.22. The fourth-order valence-corrected chi connectivity index (χ4v) is 4.60. The normalized spacial score (nSPS) is 13.0. The van der Waals surface area contributed by atoms with E-state index in [1.165, 1.54) is 5.56 Å². The Morgan fingerprint density at radius 2 is 1.81 bits per heavy atom. The van der Waals surface area contributed by atoms with Crippen LogP contribution in [0.15, 0.2) is 66.7 Å². The van der Waals surface area contributed by atoms with Crippen molar-refractivity contribution in [1.82, 2.24) is 20.1 Å². The number of hydrogen-bond donors (Lipinski definition) is 1. The Bertz CT molecular complexity index is 1200. The van der Waals surface area contributed by atoms with Crippen molar-refractivity contribution >= 4 is 28.2 Å². The number of aryl methyl sites for hydroxylation is 1. The molecule has 2 aromatic carbocycles. The first-order chi connectivity index (χ1) is 15.2. The number of carbonyl (C=O) groups is 1.